The van der Waals surface area contributed by atoms with E-state index in [9.17, 15) is 0 Å². The van der Waals surface area contributed by atoms with Crippen LogP contribution in [0.2, 0.25) is 0 Å². The van der Waals surface area contributed by atoms with E-state index in [2.05, 4.69) is 104 Å². The number of rotatable bonds is 3. The smallest absolute Gasteiger partial charge is 0.213 e. The molecule has 2 aliphatic rings. The van der Waals surface area contributed by atoms with Crippen LogP contribution in [0.3, 0.4) is 0 Å². The topological polar surface area (TPSA) is 24.8 Å². The molecule has 0 radical (unpaired) electrons. The first kappa shape index (κ1) is 19.1. The molecule has 4 aromatic rings. The lowest BCUT2D eigenvalue weighted by Crippen LogP contribution is -2.33. The molecule has 0 spiro atoms. The molecule has 32 heavy (non-hydrogen) atoms. The van der Waals surface area contributed by atoms with Gasteiger partial charge in [-0.2, -0.15) is 5.10 Å². The monoisotopic (exact) mass is 418 g/mol. The average Bonchev–Trinajstić information content (AvgIpc) is 3.29. The van der Waals surface area contributed by atoms with Gasteiger partial charge in [-0.25, -0.2) is 5.01 Å². The maximum Gasteiger partial charge on any atom is 0.213 e. The van der Waals surface area contributed by atoms with E-state index < -0.39 is 0 Å². The summed E-state index contributed by atoms with van der Waals surface area (Å²) in [6.45, 7) is 4.44. The second-order valence-electron chi connectivity index (χ2n) is 9.04. The third-order valence-electron chi connectivity index (χ3n) is 6.67. The second kappa shape index (κ2) is 7.52. The lowest BCUT2D eigenvalue weighted by molar-refractivity contribution is -0.0190. The Morgan fingerprint density at radius 2 is 1.59 bits per heavy atom. The number of hydrogen-bond acceptors (Lipinski definition) is 3. The highest BCUT2D eigenvalue weighted by atomic mass is 16.5. The normalized spacial score (nSPS) is 19.5. The van der Waals surface area contributed by atoms with Crippen LogP contribution >= 0.6 is 0 Å². The summed E-state index contributed by atoms with van der Waals surface area (Å²) in [5.41, 5.74) is 5.98. The standard InChI is InChI=1S/C29H26N2O/c1-19(2)20-11-14-22(15-12-20)29-31-27(25-9-5-6-10-28(25)32-29)18-26(30-31)24-16-13-21-7-3-4-8-23(21)17-24/h3-17,19,27,29H,18H2,1-2H3/t27-,29+/m0/s1. The number of hydrogen-bond donors (Lipinski definition) is 0. The Kier molecular flexibility index (Phi) is 4.50. The lowest BCUT2D eigenvalue weighted by atomic mass is 9.94. The zero-order valence-corrected chi connectivity index (χ0v) is 18.4. The summed E-state index contributed by atoms with van der Waals surface area (Å²) >= 11 is 0. The molecule has 0 amide bonds. The predicted molar refractivity (Wildman–Crippen MR) is 130 cm³/mol. The van der Waals surface area contributed by atoms with Gasteiger partial charge in [-0.15, -0.1) is 0 Å². The Morgan fingerprint density at radius 1 is 0.844 bits per heavy atom. The fraction of sp³-hybridized carbons (Fsp3) is 0.207. The van der Waals surface area contributed by atoms with Gasteiger partial charge in [0.2, 0.25) is 6.23 Å². The molecule has 2 heterocycles. The van der Waals surface area contributed by atoms with Gasteiger partial charge in [0.15, 0.2) is 0 Å². The maximum atomic E-state index is 6.51. The minimum Gasteiger partial charge on any atom is -0.464 e. The fourth-order valence-electron chi connectivity index (χ4n) is 4.84. The molecule has 2 aliphatic heterocycles. The number of benzene rings is 4. The van der Waals surface area contributed by atoms with Crippen molar-refractivity contribution in [3.05, 3.63) is 113 Å². The average molecular weight is 419 g/mol. The van der Waals surface area contributed by atoms with E-state index >= 15 is 0 Å². The summed E-state index contributed by atoms with van der Waals surface area (Å²) in [4.78, 5) is 0. The number of para-hydroxylation sites is 1. The van der Waals surface area contributed by atoms with Crippen LogP contribution in [-0.4, -0.2) is 10.7 Å². The van der Waals surface area contributed by atoms with Crippen molar-refractivity contribution < 1.29 is 4.74 Å². The molecule has 0 saturated heterocycles. The van der Waals surface area contributed by atoms with Crippen LogP contribution in [0.4, 0.5) is 0 Å². The lowest BCUT2D eigenvalue weighted by Gasteiger charge is -2.38. The maximum absolute atomic E-state index is 6.51. The van der Waals surface area contributed by atoms with Crippen molar-refractivity contribution in [1.29, 1.82) is 0 Å². The third kappa shape index (κ3) is 3.16. The largest absolute Gasteiger partial charge is 0.464 e. The van der Waals surface area contributed by atoms with Crippen molar-refractivity contribution in [2.45, 2.75) is 38.5 Å². The predicted octanol–water partition coefficient (Wildman–Crippen LogP) is 7.21. The zero-order chi connectivity index (χ0) is 21.7. The molecule has 3 heteroatoms. The number of nitrogens with zero attached hydrogens (tertiary/aromatic N) is 2. The Labute approximate surface area is 189 Å². The van der Waals surface area contributed by atoms with Gasteiger partial charge in [0.05, 0.1) is 11.8 Å². The van der Waals surface area contributed by atoms with Gasteiger partial charge in [-0.05, 0) is 39.9 Å². The van der Waals surface area contributed by atoms with Crippen molar-refractivity contribution in [1.82, 2.24) is 5.01 Å². The summed E-state index contributed by atoms with van der Waals surface area (Å²) in [5, 5.41) is 9.79. The minimum atomic E-state index is -0.228. The highest BCUT2D eigenvalue weighted by Crippen LogP contribution is 2.47. The molecule has 0 bridgehead atoms. The van der Waals surface area contributed by atoms with Crippen molar-refractivity contribution >= 4 is 16.5 Å². The second-order valence-corrected chi connectivity index (χ2v) is 9.04. The minimum absolute atomic E-state index is 0.177. The van der Waals surface area contributed by atoms with Crippen LogP contribution in [0.15, 0.2) is 96.1 Å². The van der Waals surface area contributed by atoms with Crippen LogP contribution in [0.25, 0.3) is 10.8 Å². The summed E-state index contributed by atoms with van der Waals surface area (Å²) in [6.07, 6.45) is 0.647. The van der Waals surface area contributed by atoms with Crippen LogP contribution < -0.4 is 4.74 Å². The van der Waals surface area contributed by atoms with Gasteiger partial charge in [-0.3, -0.25) is 0 Å². The summed E-state index contributed by atoms with van der Waals surface area (Å²) in [6, 6.07) is 32.5. The molecule has 0 aliphatic carbocycles. The quantitative estimate of drug-likeness (QED) is 0.351. The van der Waals surface area contributed by atoms with Gasteiger partial charge >= 0.3 is 0 Å². The zero-order valence-electron chi connectivity index (χ0n) is 18.4. The Morgan fingerprint density at radius 3 is 2.41 bits per heavy atom. The van der Waals surface area contributed by atoms with E-state index in [1.54, 1.807) is 0 Å². The molecule has 0 unspecified atom stereocenters. The molecule has 0 aromatic heterocycles. The SMILES string of the molecule is CC(C)c1ccc([C@H]2Oc3ccccc3[C@@H]3CC(c4ccc5ccccc5c4)=NN23)cc1. The number of ether oxygens (including phenoxy) is 1. The van der Waals surface area contributed by atoms with Crippen LogP contribution in [-0.2, 0) is 0 Å². The highest BCUT2D eigenvalue weighted by Gasteiger charge is 2.40. The number of fused-ring (bicyclic) bond motifs is 4. The Hall–Kier alpha value is -3.59. The molecule has 6 rings (SSSR count). The van der Waals surface area contributed by atoms with Crippen molar-refractivity contribution in [3.8, 4) is 5.75 Å². The molecule has 0 N–H and O–H groups in total. The molecule has 158 valence electrons. The van der Waals surface area contributed by atoms with E-state index in [0.29, 0.717) is 5.92 Å². The van der Waals surface area contributed by atoms with Crippen molar-refractivity contribution in [2.75, 3.05) is 0 Å². The molecule has 2 atom stereocenters. The van der Waals surface area contributed by atoms with Crippen LogP contribution in [0.5, 0.6) is 5.75 Å². The first-order valence-electron chi connectivity index (χ1n) is 11.4. The molecular formula is C29H26N2O. The third-order valence-corrected chi connectivity index (χ3v) is 6.67. The Balaban J connectivity index is 1.42. The first-order valence-corrected chi connectivity index (χ1v) is 11.4. The van der Waals surface area contributed by atoms with Gasteiger partial charge < -0.3 is 4.74 Å². The van der Waals surface area contributed by atoms with E-state index in [1.165, 1.54) is 27.5 Å². The number of hydrazone groups is 1. The van der Waals surface area contributed by atoms with E-state index in [-0.39, 0.29) is 12.3 Å². The van der Waals surface area contributed by atoms with E-state index in [1.807, 2.05) is 6.07 Å². The highest BCUT2D eigenvalue weighted by molar-refractivity contribution is 6.04. The van der Waals surface area contributed by atoms with Crippen molar-refractivity contribution in [2.24, 2.45) is 5.10 Å². The fourth-order valence-corrected chi connectivity index (χ4v) is 4.84. The van der Waals surface area contributed by atoms with E-state index in [0.717, 1.165) is 23.4 Å². The molecule has 3 nitrogen and oxygen atoms in total. The molecule has 0 saturated carbocycles. The summed E-state index contributed by atoms with van der Waals surface area (Å²) in [7, 11) is 0. The van der Waals surface area contributed by atoms with Crippen LogP contribution in [0.1, 0.15) is 60.7 Å². The molecule has 4 aromatic carbocycles. The molecule has 0 fully saturated rings. The van der Waals surface area contributed by atoms with Crippen molar-refractivity contribution in [3.63, 3.8) is 0 Å². The summed E-state index contributed by atoms with van der Waals surface area (Å²) in [5.74, 6) is 1.47. The van der Waals surface area contributed by atoms with Gasteiger partial charge in [0, 0.05) is 17.5 Å². The van der Waals surface area contributed by atoms with E-state index in [4.69, 9.17) is 9.84 Å². The first-order chi connectivity index (χ1) is 15.7. The molecular weight excluding hydrogens is 392 g/mol. The Bertz CT molecular complexity index is 1320. The summed E-state index contributed by atoms with van der Waals surface area (Å²) < 4.78 is 6.51. The van der Waals surface area contributed by atoms with Gasteiger partial charge in [0.25, 0.3) is 0 Å². The van der Waals surface area contributed by atoms with Gasteiger partial charge in [-0.1, -0.05) is 92.7 Å². The van der Waals surface area contributed by atoms with Crippen LogP contribution in [0, 0.1) is 0 Å². The van der Waals surface area contributed by atoms with Gasteiger partial charge in [0.1, 0.15) is 5.75 Å².